The Hall–Kier alpha value is -1.95. The summed E-state index contributed by atoms with van der Waals surface area (Å²) in [7, 11) is 0. The molecule has 1 aliphatic heterocycles. The molecule has 0 saturated carbocycles. The molecule has 0 bridgehead atoms. The standard InChI is InChI=1S/C17H22N4OS/c1-3-15-18-17(23-19-15)21-10-8-20(9-11-21)16(22)12-14-6-4-13(2)5-7-14/h4-7H,3,8-12H2,1-2H3. The highest BCUT2D eigenvalue weighted by atomic mass is 32.1. The minimum atomic E-state index is 0.208. The molecule has 0 spiro atoms. The molecule has 6 heteroatoms. The zero-order chi connectivity index (χ0) is 16.2. The van der Waals surface area contributed by atoms with Crippen LogP contribution in [0.4, 0.5) is 5.13 Å². The number of carbonyl (C=O) groups is 1. The molecule has 1 aromatic carbocycles. The summed E-state index contributed by atoms with van der Waals surface area (Å²) in [4.78, 5) is 21.1. The molecule has 3 rings (SSSR count). The summed E-state index contributed by atoms with van der Waals surface area (Å²) < 4.78 is 4.34. The normalized spacial score (nSPS) is 15.0. The van der Waals surface area contributed by atoms with Crippen LogP contribution in [0.2, 0.25) is 0 Å². The maximum Gasteiger partial charge on any atom is 0.227 e. The molecular formula is C17H22N4OS. The Balaban J connectivity index is 1.53. The van der Waals surface area contributed by atoms with Crippen LogP contribution in [0.1, 0.15) is 23.9 Å². The van der Waals surface area contributed by atoms with Crippen molar-refractivity contribution in [3.8, 4) is 0 Å². The molecule has 1 aliphatic rings. The third kappa shape index (κ3) is 3.88. The third-order valence-corrected chi connectivity index (χ3v) is 4.97. The fraction of sp³-hybridized carbons (Fsp3) is 0.471. The molecule has 0 N–H and O–H groups in total. The van der Waals surface area contributed by atoms with Gasteiger partial charge in [-0.15, -0.1) is 0 Å². The maximum atomic E-state index is 12.4. The van der Waals surface area contributed by atoms with Crippen molar-refractivity contribution in [3.63, 3.8) is 0 Å². The highest BCUT2D eigenvalue weighted by molar-refractivity contribution is 7.09. The molecule has 0 atom stereocenters. The van der Waals surface area contributed by atoms with Gasteiger partial charge in [-0.05, 0) is 12.5 Å². The fourth-order valence-electron chi connectivity index (χ4n) is 2.66. The van der Waals surface area contributed by atoms with Crippen molar-refractivity contribution in [2.45, 2.75) is 26.7 Å². The van der Waals surface area contributed by atoms with E-state index in [-0.39, 0.29) is 5.91 Å². The van der Waals surface area contributed by atoms with Crippen molar-refractivity contribution in [1.29, 1.82) is 0 Å². The quantitative estimate of drug-likeness (QED) is 0.863. The monoisotopic (exact) mass is 330 g/mol. The van der Waals surface area contributed by atoms with Gasteiger partial charge in [-0.1, -0.05) is 36.8 Å². The number of hydrogen-bond acceptors (Lipinski definition) is 5. The number of nitrogens with zero attached hydrogens (tertiary/aromatic N) is 4. The van der Waals surface area contributed by atoms with E-state index in [2.05, 4.69) is 40.2 Å². The Kier molecular flexibility index (Phi) is 4.91. The molecule has 0 radical (unpaired) electrons. The minimum absolute atomic E-state index is 0.208. The third-order valence-electron chi connectivity index (χ3n) is 4.15. The lowest BCUT2D eigenvalue weighted by Gasteiger charge is -2.34. The molecule has 2 aromatic rings. The van der Waals surface area contributed by atoms with Gasteiger partial charge in [0, 0.05) is 44.1 Å². The molecule has 0 unspecified atom stereocenters. The summed E-state index contributed by atoms with van der Waals surface area (Å²) >= 11 is 1.46. The first-order chi connectivity index (χ1) is 11.2. The van der Waals surface area contributed by atoms with E-state index < -0.39 is 0 Å². The highest BCUT2D eigenvalue weighted by Crippen LogP contribution is 2.19. The first kappa shape index (κ1) is 15.9. The number of hydrogen-bond donors (Lipinski definition) is 0. The first-order valence-electron chi connectivity index (χ1n) is 8.06. The molecule has 23 heavy (non-hydrogen) atoms. The van der Waals surface area contributed by atoms with E-state index in [9.17, 15) is 4.79 Å². The molecule has 1 amide bonds. The van der Waals surface area contributed by atoms with Gasteiger partial charge in [0.05, 0.1) is 6.42 Å². The SMILES string of the molecule is CCc1nsc(N2CCN(C(=O)Cc3ccc(C)cc3)CC2)n1. The molecule has 0 aliphatic carbocycles. The van der Waals surface area contributed by atoms with Crippen LogP contribution in [0.25, 0.3) is 0 Å². The Morgan fingerprint density at radius 3 is 2.48 bits per heavy atom. The van der Waals surface area contributed by atoms with Gasteiger partial charge < -0.3 is 9.80 Å². The Bertz CT molecular complexity index is 659. The minimum Gasteiger partial charge on any atom is -0.343 e. The Labute approximate surface area is 141 Å². The lowest BCUT2D eigenvalue weighted by atomic mass is 10.1. The smallest absolute Gasteiger partial charge is 0.227 e. The van der Waals surface area contributed by atoms with Gasteiger partial charge in [0.1, 0.15) is 5.82 Å². The van der Waals surface area contributed by atoms with E-state index in [1.54, 1.807) is 0 Å². The number of aryl methyl sites for hydroxylation is 2. The van der Waals surface area contributed by atoms with Crippen molar-refractivity contribution < 1.29 is 4.79 Å². The second-order valence-electron chi connectivity index (χ2n) is 5.88. The highest BCUT2D eigenvalue weighted by Gasteiger charge is 2.23. The maximum absolute atomic E-state index is 12.4. The van der Waals surface area contributed by atoms with Gasteiger partial charge >= 0.3 is 0 Å². The summed E-state index contributed by atoms with van der Waals surface area (Å²) in [6, 6.07) is 8.19. The number of rotatable bonds is 4. The van der Waals surface area contributed by atoms with E-state index in [4.69, 9.17) is 0 Å². The summed E-state index contributed by atoms with van der Waals surface area (Å²) in [6.45, 7) is 7.29. The van der Waals surface area contributed by atoms with E-state index in [1.165, 1.54) is 17.1 Å². The molecule has 1 fully saturated rings. The van der Waals surface area contributed by atoms with Crippen LogP contribution >= 0.6 is 11.5 Å². The van der Waals surface area contributed by atoms with Crippen molar-refractivity contribution in [2.75, 3.05) is 31.1 Å². The zero-order valence-electron chi connectivity index (χ0n) is 13.7. The average Bonchev–Trinajstić information content (AvgIpc) is 3.06. The molecule has 1 saturated heterocycles. The van der Waals surface area contributed by atoms with Crippen LogP contribution < -0.4 is 4.90 Å². The van der Waals surface area contributed by atoms with Crippen LogP contribution in [-0.2, 0) is 17.6 Å². The van der Waals surface area contributed by atoms with Gasteiger partial charge in [0.2, 0.25) is 11.0 Å². The number of benzene rings is 1. The molecule has 1 aromatic heterocycles. The van der Waals surface area contributed by atoms with Crippen LogP contribution in [0.5, 0.6) is 0 Å². The lowest BCUT2D eigenvalue weighted by Crippen LogP contribution is -2.49. The van der Waals surface area contributed by atoms with Crippen molar-refractivity contribution in [3.05, 3.63) is 41.2 Å². The zero-order valence-corrected chi connectivity index (χ0v) is 14.5. The predicted octanol–water partition coefficient (Wildman–Crippen LogP) is 2.30. The largest absolute Gasteiger partial charge is 0.343 e. The molecule has 122 valence electrons. The van der Waals surface area contributed by atoms with E-state index in [1.807, 2.05) is 17.0 Å². The summed E-state index contributed by atoms with van der Waals surface area (Å²) in [6.07, 6.45) is 1.35. The van der Waals surface area contributed by atoms with Gasteiger partial charge in [-0.3, -0.25) is 4.79 Å². The van der Waals surface area contributed by atoms with Gasteiger partial charge in [-0.25, -0.2) is 4.98 Å². The van der Waals surface area contributed by atoms with E-state index in [0.29, 0.717) is 6.42 Å². The molecular weight excluding hydrogens is 308 g/mol. The lowest BCUT2D eigenvalue weighted by molar-refractivity contribution is -0.130. The van der Waals surface area contributed by atoms with E-state index in [0.717, 1.165) is 49.1 Å². The second kappa shape index (κ2) is 7.08. The summed E-state index contributed by atoms with van der Waals surface area (Å²) in [5.41, 5.74) is 2.30. The topological polar surface area (TPSA) is 49.3 Å². The van der Waals surface area contributed by atoms with Crippen molar-refractivity contribution in [2.24, 2.45) is 0 Å². The van der Waals surface area contributed by atoms with Crippen LogP contribution in [0, 0.1) is 6.92 Å². The summed E-state index contributed by atoms with van der Waals surface area (Å²) in [5.74, 6) is 1.11. The predicted molar refractivity (Wildman–Crippen MR) is 93.0 cm³/mol. The first-order valence-corrected chi connectivity index (χ1v) is 8.84. The van der Waals surface area contributed by atoms with E-state index >= 15 is 0 Å². The van der Waals surface area contributed by atoms with Gasteiger partial charge in [-0.2, -0.15) is 4.37 Å². The molecule has 2 heterocycles. The number of aromatic nitrogens is 2. The Morgan fingerprint density at radius 1 is 1.17 bits per heavy atom. The molecule has 5 nitrogen and oxygen atoms in total. The fourth-order valence-corrected chi connectivity index (χ4v) is 3.46. The van der Waals surface area contributed by atoms with Crippen molar-refractivity contribution >= 4 is 22.6 Å². The number of carbonyl (C=O) groups excluding carboxylic acids is 1. The number of anilines is 1. The van der Waals surface area contributed by atoms with Gasteiger partial charge in [0.25, 0.3) is 0 Å². The number of amides is 1. The van der Waals surface area contributed by atoms with Crippen LogP contribution in [-0.4, -0.2) is 46.3 Å². The summed E-state index contributed by atoms with van der Waals surface area (Å²) in [5, 5.41) is 0.979. The second-order valence-corrected chi connectivity index (χ2v) is 6.61. The van der Waals surface area contributed by atoms with Crippen LogP contribution in [0.3, 0.4) is 0 Å². The van der Waals surface area contributed by atoms with Crippen LogP contribution in [0.15, 0.2) is 24.3 Å². The Morgan fingerprint density at radius 2 is 1.87 bits per heavy atom. The van der Waals surface area contributed by atoms with Crippen molar-refractivity contribution in [1.82, 2.24) is 14.3 Å². The van der Waals surface area contributed by atoms with Gasteiger partial charge in [0.15, 0.2) is 0 Å². The average molecular weight is 330 g/mol. The number of piperazine rings is 1.